The van der Waals surface area contributed by atoms with Gasteiger partial charge in [-0.3, -0.25) is 5.10 Å². The highest BCUT2D eigenvalue weighted by Gasteiger charge is 2.12. The molecule has 0 radical (unpaired) electrons. The van der Waals surface area contributed by atoms with E-state index < -0.39 is 11.2 Å². The number of hydrogen-bond donors (Lipinski definition) is 1. The van der Waals surface area contributed by atoms with Gasteiger partial charge in [-0.25, -0.2) is 0 Å². The van der Waals surface area contributed by atoms with Gasteiger partial charge >= 0.3 is 0 Å². The first kappa shape index (κ1) is 9.23. The molecule has 1 heterocycles. The smallest absolute Gasteiger partial charge is 0.156 e. The largest absolute Gasteiger partial charge is 0.611 e. The molecule has 2 aromatic rings. The van der Waals surface area contributed by atoms with Gasteiger partial charge < -0.3 is 4.55 Å². The number of hydrogen-bond acceptors (Lipinski definition) is 3. The number of rotatable bonds is 3. The number of benzene rings is 1. The molecule has 72 valence electrons. The van der Waals surface area contributed by atoms with Crippen LogP contribution in [0.25, 0.3) is 0 Å². The Hall–Kier alpha value is -1.33. The second kappa shape index (κ2) is 4.26. The Kier molecular flexibility index (Phi) is 2.81. The standard InChI is InChI=1S/C9H9N3OS/c13-14(7-8-6-10-12-11-8)9-4-2-1-3-5-9/h1-6H,7H2,(H,10,11,12). The summed E-state index contributed by atoms with van der Waals surface area (Å²) in [6.45, 7) is 0. The molecule has 0 spiro atoms. The maximum atomic E-state index is 11.7. The van der Waals surface area contributed by atoms with E-state index in [4.69, 9.17) is 0 Å². The molecule has 0 aliphatic carbocycles. The van der Waals surface area contributed by atoms with Crippen molar-refractivity contribution in [2.75, 3.05) is 0 Å². The summed E-state index contributed by atoms with van der Waals surface area (Å²) in [5, 5.41) is 9.93. The van der Waals surface area contributed by atoms with Gasteiger partial charge in [0.1, 0.15) is 5.69 Å². The Morgan fingerprint density at radius 1 is 1.29 bits per heavy atom. The van der Waals surface area contributed by atoms with E-state index in [1.54, 1.807) is 6.20 Å². The van der Waals surface area contributed by atoms with Crippen LogP contribution in [0.3, 0.4) is 0 Å². The van der Waals surface area contributed by atoms with Crippen molar-refractivity contribution in [2.24, 2.45) is 0 Å². The average Bonchev–Trinajstić information content (AvgIpc) is 2.72. The summed E-state index contributed by atoms with van der Waals surface area (Å²) in [6, 6.07) is 9.33. The van der Waals surface area contributed by atoms with Crippen LogP contribution in [0.5, 0.6) is 0 Å². The molecule has 0 aliphatic heterocycles. The van der Waals surface area contributed by atoms with Crippen molar-refractivity contribution >= 4 is 11.2 Å². The number of nitrogens with zero attached hydrogens (tertiary/aromatic N) is 2. The first-order chi connectivity index (χ1) is 6.86. The Morgan fingerprint density at radius 2 is 2.07 bits per heavy atom. The fraction of sp³-hybridized carbons (Fsp3) is 0.111. The fourth-order valence-corrected chi connectivity index (χ4v) is 2.12. The average molecular weight is 207 g/mol. The molecule has 5 heteroatoms. The van der Waals surface area contributed by atoms with Gasteiger partial charge in [0.25, 0.3) is 0 Å². The molecule has 0 saturated carbocycles. The molecule has 1 aromatic carbocycles. The van der Waals surface area contributed by atoms with Crippen LogP contribution >= 0.6 is 0 Å². The van der Waals surface area contributed by atoms with Gasteiger partial charge in [-0.1, -0.05) is 23.4 Å². The second-order valence-electron chi connectivity index (χ2n) is 2.77. The van der Waals surface area contributed by atoms with E-state index in [0.29, 0.717) is 11.4 Å². The van der Waals surface area contributed by atoms with E-state index in [0.717, 1.165) is 4.90 Å². The molecule has 0 fully saturated rings. The highest BCUT2D eigenvalue weighted by atomic mass is 32.2. The van der Waals surface area contributed by atoms with Gasteiger partial charge in [0.15, 0.2) is 10.6 Å². The molecule has 1 aromatic heterocycles. The van der Waals surface area contributed by atoms with E-state index in [9.17, 15) is 4.55 Å². The van der Waals surface area contributed by atoms with E-state index in [-0.39, 0.29) is 0 Å². The van der Waals surface area contributed by atoms with Crippen LogP contribution in [0.2, 0.25) is 0 Å². The van der Waals surface area contributed by atoms with Crippen molar-refractivity contribution in [2.45, 2.75) is 10.6 Å². The minimum atomic E-state index is -1.04. The lowest BCUT2D eigenvalue weighted by atomic mass is 10.4. The van der Waals surface area contributed by atoms with Crippen molar-refractivity contribution < 1.29 is 4.55 Å². The quantitative estimate of drug-likeness (QED) is 0.767. The van der Waals surface area contributed by atoms with Gasteiger partial charge in [0, 0.05) is 0 Å². The van der Waals surface area contributed by atoms with Crippen LogP contribution in [-0.2, 0) is 16.9 Å². The van der Waals surface area contributed by atoms with E-state index in [1.165, 1.54) is 0 Å². The maximum Gasteiger partial charge on any atom is 0.156 e. The summed E-state index contributed by atoms with van der Waals surface area (Å²) in [5.74, 6) is 0.403. The molecule has 0 bridgehead atoms. The molecular weight excluding hydrogens is 198 g/mol. The monoisotopic (exact) mass is 207 g/mol. The van der Waals surface area contributed by atoms with Gasteiger partial charge in [0.05, 0.1) is 6.20 Å². The lowest BCUT2D eigenvalue weighted by Gasteiger charge is -2.07. The molecule has 0 saturated heterocycles. The molecule has 1 unspecified atom stereocenters. The number of aromatic nitrogens is 3. The lowest BCUT2D eigenvalue weighted by molar-refractivity contribution is 0.593. The van der Waals surface area contributed by atoms with Crippen molar-refractivity contribution in [3.63, 3.8) is 0 Å². The molecule has 0 amide bonds. The van der Waals surface area contributed by atoms with Crippen LogP contribution in [0.15, 0.2) is 41.4 Å². The minimum Gasteiger partial charge on any atom is -0.611 e. The zero-order valence-corrected chi connectivity index (χ0v) is 8.20. The Bertz CT molecular complexity index is 376. The Balaban J connectivity index is 2.07. The first-order valence-corrected chi connectivity index (χ1v) is 5.47. The Morgan fingerprint density at radius 3 is 2.71 bits per heavy atom. The van der Waals surface area contributed by atoms with Gasteiger partial charge in [-0.15, -0.1) is 5.10 Å². The lowest BCUT2D eigenvalue weighted by Crippen LogP contribution is -2.05. The summed E-state index contributed by atoms with van der Waals surface area (Å²) in [5.41, 5.74) is 0.715. The third kappa shape index (κ3) is 2.12. The highest BCUT2D eigenvalue weighted by Crippen LogP contribution is 2.13. The zero-order chi connectivity index (χ0) is 9.80. The predicted octanol–water partition coefficient (Wildman–Crippen LogP) is 1.11. The molecule has 0 aliphatic rings. The molecular formula is C9H9N3OS. The summed E-state index contributed by atoms with van der Waals surface area (Å²) < 4.78 is 11.7. The summed E-state index contributed by atoms with van der Waals surface area (Å²) >= 11 is -1.04. The summed E-state index contributed by atoms with van der Waals surface area (Å²) in [7, 11) is 0. The minimum absolute atomic E-state index is 0.403. The molecule has 1 N–H and O–H groups in total. The normalized spacial score (nSPS) is 12.6. The number of aromatic amines is 1. The van der Waals surface area contributed by atoms with Gasteiger partial charge in [0.2, 0.25) is 0 Å². The van der Waals surface area contributed by atoms with Crippen LogP contribution < -0.4 is 0 Å². The van der Waals surface area contributed by atoms with Crippen LogP contribution in [0, 0.1) is 0 Å². The molecule has 1 atom stereocenters. The van der Waals surface area contributed by atoms with Gasteiger partial charge in [-0.05, 0) is 23.3 Å². The Labute approximate surface area is 84.5 Å². The van der Waals surface area contributed by atoms with Crippen molar-refractivity contribution in [1.29, 1.82) is 0 Å². The third-order valence-corrected chi connectivity index (χ3v) is 3.11. The molecule has 4 nitrogen and oxygen atoms in total. The van der Waals surface area contributed by atoms with Crippen molar-refractivity contribution in [3.8, 4) is 0 Å². The van der Waals surface area contributed by atoms with E-state index in [1.807, 2.05) is 30.3 Å². The SMILES string of the molecule is [O-][S+](Cc1c[nH]nn1)c1ccccc1. The van der Waals surface area contributed by atoms with E-state index >= 15 is 0 Å². The van der Waals surface area contributed by atoms with Crippen LogP contribution in [0.4, 0.5) is 0 Å². The summed E-state index contributed by atoms with van der Waals surface area (Å²) in [4.78, 5) is 0.815. The van der Waals surface area contributed by atoms with Crippen LogP contribution in [0.1, 0.15) is 5.69 Å². The third-order valence-electron chi connectivity index (χ3n) is 1.75. The first-order valence-electron chi connectivity index (χ1n) is 4.15. The number of nitrogens with one attached hydrogen (secondary N) is 1. The van der Waals surface area contributed by atoms with Crippen molar-refractivity contribution in [1.82, 2.24) is 15.4 Å². The number of H-pyrrole nitrogens is 1. The topological polar surface area (TPSA) is 64.6 Å². The predicted molar refractivity (Wildman–Crippen MR) is 52.9 cm³/mol. The molecule has 2 rings (SSSR count). The maximum absolute atomic E-state index is 11.7. The zero-order valence-electron chi connectivity index (χ0n) is 7.38. The molecule has 14 heavy (non-hydrogen) atoms. The van der Waals surface area contributed by atoms with Crippen molar-refractivity contribution in [3.05, 3.63) is 42.2 Å². The highest BCUT2D eigenvalue weighted by molar-refractivity contribution is 7.90. The van der Waals surface area contributed by atoms with Gasteiger partial charge in [-0.2, -0.15) is 0 Å². The fourth-order valence-electron chi connectivity index (χ4n) is 1.09. The van der Waals surface area contributed by atoms with Crippen LogP contribution in [-0.4, -0.2) is 20.0 Å². The second-order valence-corrected chi connectivity index (χ2v) is 4.22. The van der Waals surface area contributed by atoms with E-state index in [2.05, 4.69) is 15.4 Å². The summed E-state index contributed by atoms with van der Waals surface area (Å²) in [6.07, 6.45) is 1.65.